The van der Waals surface area contributed by atoms with Gasteiger partial charge in [-0.05, 0) is 36.2 Å². The minimum absolute atomic E-state index is 0.240. The lowest BCUT2D eigenvalue weighted by Crippen LogP contribution is -2.40. The van der Waals surface area contributed by atoms with Crippen LogP contribution < -0.4 is 5.32 Å². The Balaban J connectivity index is 1.93. The van der Waals surface area contributed by atoms with Gasteiger partial charge in [-0.25, -0.2) is 4.68 Å². The van der Waals surface area contributed by atoms with Crippen molar-refractivity contribution < 1.29 is 9.53 Å². The van der Waals surface area contributed by atoms with Crippen LogP contribution in [-0.2, 0) is 9.53 Å². The van der Waals surface area contributed by atoms with Gasteiger partial charge in [0.05, 0.1) is 13.2 Å². The van der Waals surface area contributed by atoms with Gasteiger partial charge in [-0.3, -0.25) is 4.79 Å². The summed E-state index contributed by atoms with van der Waals surface area (Å²) in [5.74, 6) is 0.329. The Morgan fingerprint density at radius 2 is 2.29 bits per heavy atom. The second kappa shape index (κ2) is 8.33. The number of esters is 1. The van der Waals surface area contributed by atoms with Gasteiger partial charge in [-0.2, -0.15) is 0 Å². The van der Waals surface area contributed by atoms with Crippen LogP contribution in [0.1, 0.15) is 45.1 Å². The molecule has 1 saturated carbocycles. The third-order valence-electron chi connectivity index (χ3n) is 3.64. The highest BCUT2D eigenvalue weighted by Gasteiger charge is 2.24. The highest BCUT2D eigenvalue weighted by molar-refractivity contribution is 7.99. The normalized spacial score (nSPS) is 17.0. The summed E-state index contributed by atoms with van der Waals surface area (Å²) in [5.41, 5.74) is 0. The van der Waals surface area contributed by atoms with E-state index < -0.39 is 0 Å². The molecule has 1 aliphatic rings. The van der Waals surface area contributed by atoms with E-state index in [2.05, 4.69) is 27.8 Å². The molecule has 0 amide bonds. The summed E-state index contributed by atoms with van der Waals surface area (Å²) in [6, 6.07) is 0.0800. The van der Waals surface area contributed by atoms with E-state index in [4.69, 9.17) is 4.74 Å². The van der Waals surface area contributed by atoms with Crippen molar-refractivity contribution in [2.75, 3.05) is 19.4 Å². The number of carbonyl (C=O) groups excluding carboxylic acids is 1. The van der Waals surface area contributed by atoms with Crippen molar-refractivity contribution in [3.63, 3.8) is 0 Å². The third kappa shape index (κ3) is 4.41. The fourth-order valence-electron chi connectivity index (χ4n) is 2.49. The Bertz CT molecular complexity index is 448. The molecule has 118 valence electrons. The molecule has 1 unspecified atom stereocenters. The monoisotopic (exact) mass is 313 g/mol. The zero-order chi connectivity index (χ0) is 15.1. The van der Waals surface area contributed by atoms with Crippen LogP contribution in [0.3, 0.4) is 0 Å². The number of rotatable bonds is 8. The van der Waals surface area contributed by atoms with Crippen LogP contribution in [0.2, 0.25) is 0 Å². The molecule has 0 spiro atoms. The minimum Gasteiger partial charge on any atom is -0.468 e. The summed E-state index contributed by atoms with van der Waals surface area (Å²) in [6.07, 6.45) is 5.70. The number of methoxy groups -OCH3 is 1. The van der Waals surface area contributed by atoms with Crippen molar-refractivity contribution in [1.82, 2.24) is 25.5 Å². The van der Waals surface area contributed by atoms with Crippen molar-refractivity contribution in [2.45, 2.75) is 56.3 Å². The van der Waals surface area contributed by atoms with Gasteiger partial charge in [0.25, 0.3) is 0 Å². The van der Waals surface area contributed by atoms with Gasteiger partial charge in [0.1, 0.15) is 6.04 Å². The molecule has 0 saturated heterocycles. The maximum absolute atomic E-state index is 11.8. The van der Waals surface area contributed by atoms with Crippen molar-refractivity contribution in [2.24, 2.45) is 0 Å². The molecule has 2 rings (SSSR count). The highest BCUT2D eigenvalue weighted by Crippen LogP contribution is 2.31. The third-order valence-corrected chi connectivity index (χ3v) is 4.67. The van der Waals surface area contributed by atoms with E-state index in [9.17, 15) is 4.79 Å². The molecule has 1 atom stereocenters. The van der Waals surface area contributed by atoms with E-state index in [1.165, 1.54) is 31.7 Å². The Labute approximate surface area is 129 Å². The first kappa shape index (κ1) is 16.2. The number of tetrazole rings is 1. The first-order valence-corrected chi connectivity index (χ1v) is 8.46. The number of nitrogens with zero attached hydrogens (tertiary/aromatic N) is 4. The standard InChI is InChI=1S/C13H23N5O2S/c1-3-8-14-11(12(19)20-2)9-21-13-15-16-17-18(13)10-6-4-5-7-10/h10-11,14H,3-9H2,1-2H3. The number of thioether (sulfide) groups is 1. The van der Waals surface area contributed by atoms with Crippen molar-refractivity contribution in [3.05, 3.63) is 0 Å². The molecule has 1 N–H and O–H groups in total. The molecule has 1 aromatic heterocycles. The lowest BCUT2D eigenvalue weighted by atomic mass is 10.3. The quantitative estimate of drug-likeness (QED) is 0.574. The average Bonchev–Trinajstić information content (AvgIpc) is 3.17. The molecule has 1 heterocycles. The summed E-state index contributed by atoms with van der Waals surface area (Å²) in [7, 11) is 1.41. The fraction of sp³-hybridized carbons (Fsp3) is 0.846. The molecule has 7 nitrogen and oxygen atoms in total. The lowest BCUT2D eigenvalue weighted by Gasteiger charge is -2.16. The molecule has 8 heteroatoms. The zero-order valence-corrected chi connectivity index (χ0v) is 13.4. The van der Waals surface area contributed by atoms with Gasteiger partial charge in [0, 0.05) is 5.75 Å². The molecular weight excluding hydrogens is 290 g/mol. The van der Waals surface area contributed by atoms with Crippen molar-refractivity contribution in [3.8, 4) is 0 Å². The topological polar surface area (TPSA) is 81.9 Å². The predicted octanol–water partition coefficient (Wildman–Crippen LogP) is 1.42. The van der Waals surface area contributed by atoms with Gasteiger partial charge in [0.15, 0.2) is 0 Å². The van der Waals surface area contributed by atoms with E-state index in [-0.39, 0.29) is 12.0 Å². The molecule has 0 radical (unpaired) electrons. The van der Waals surface area contributed by atoms with Crippen LogP contribution in [0.4, 0.5) is 0 Å². The summed E-state index contributed by atoms with van der Waals surface area (Å²) < 4.78 is 6.74. The van der Waals surface area contributed by atoms with E-state index in [1.807, 2.05) is 4.68 Å². The maximum atomic E-state index is 11.8. The molecule has 1 fully saturated rings. The molecule has 21 heavy (non-hydrogen) atoms. The SMILES string of the molecule is CCCNC(CSc1nnnn1C1CCCC1)C(=O)OC. The number of aromatic nitrogens is 4. The smallest absolute Gasteiger partial charge is 0.323 e. The van der Waals surface area contributed by atoms with Gasteiger partial charge < -0.3 is 10.1 Å². The zero-order valence-electron chi connectivity index (χ0n) is 12.6. The molecule has 0 aliphatic heterocycles. The van der Waals surface area contributed by atoms with E-state index >= 15 is 0 Å². The Morgan fingerprint density at radius 3 is 2.95 bits per heavy atom. The number of carbonyl (C=O) groups is 1. The Hall–Kier alpha value is -1.15. The second-order valence-electron chi connectivity index (χ2n) is 5.19. The highest BCUT2D eigenvalue weighted by atomic mass is 32.2. The van der Waals surface area contributed by atoms with E-state index in [0.717, 1.165) is 31.0 Å². The van der Waals surface area contributed by atoms with Crippen LogP contribution in [0.5, 0.6) is 0 Å². The lowest BCUT2D eigenvalue weighted by molar-refractivity contribution is -0.142. The van der Waals surface area contributed by atoms with Crippen LogP contribution in [0.15, 0.2) is 5.16 Å². The van der Waals surface area contributed by atoms with Gasteiger partial charge >= 0.3 is 5.97 Å². The summed E-state index contributed by atoms with van der Waals surface area (Å²) in [4.78, 5) is 11.8. The molecule has 0 aromatic carbocycles. The van der Waals surface area contributed by atoms with Gasteiger partial charge in [0.2, 0.25) is 5.16 Å². The maximum Gasteiger partial charge on any atom is 0.323 e. The Morgan fingerprint density at radius 1 is 1.52 bits per heavy atom. The van der Waals surface area contributed by atoms with Crippen LogP contribution in [-0.4, -0.2) is 51.6 Å². The summed E-state index contributed by atoms with van der Waals surface area (Å²) >= 11 is 1.51. The summed E-state index contributed by atoms with van der Waals surface area (Å²) in [6.45, 7) is 2.85. The van der Waals surface area contributed by atoms with Crippen LogP contribution in [0.25, 0.3) is 0 Å². The number of ether oxygens (including phenoxy) is 1. The number of hydrogen-bond donors (Lipinski definition) is 1. The molecule has 1 aliphatic carbocycles. The van der Waals surface area contributed by atoms with E-state index in [1.54, 1.807) is 0 Å². The fourth-order valence-corrected chi connectivity index (χ4v) is 3.47. The van der Waals surface area contributed by atoms with Crippen molar-refractivity contribution >= 4 is 17.7 Å². The number of hydrogen-bond acceptors (Lipinski definition) is 7. The average molecular weight is 313 g/mol. The first-order valence-electron chi connectivity index (χ1n) is 7.48. The van der Waals surface area contributed by atoms with Gasteiger partial charge in [-0.1, -0.05) is 31.5 Å². The number of nitrogens with one attached hydrogen (secondary N) is 1. The first-order chi connectivity index (χ1) is 10.3. The molecule has 1 aromatic rings. The minimum atomic E-state index is -0.325. The molecule has 0 bridgehead atoms. The predicted molar refractivity (Wildman–Crippen MR) is 80.1 cm³/mol. The van der Waals surface area contributed by atoms with Crippen LogP contribution >= 0.6 is 11.8 Å². The van der Waals surface area contributed by atoms with E-state index in [0.29, 0.717) is 11.8 Å². The van der Waals surface area contributed by atoms with Crippen molar-refractivity contribution in [1.29, 1.82) is 0 Å². The second-order valence-corrected chi connectivity index (χ2v) is 6.17. The largest absolute Gasteiger partial charge is 0.468 e. The van der Waals surface area contributed by atoms with Crippen LogP contribution in [0, 0.1) is 0 Å². The van der Waals surface area contributed by atoms with Gasteiger partial charge in [-0.15, -0.1) is 5.10 Å². The summed E-state index contributed by atoms with van der Waals surface area (Å²) in [5, 5.41) is 15.9. The Kier molecular flexibility index (Phi) is 6.44. The molecular formula is C13H23N5O2S.